The number of fused-ring (bicyclic) bond motifs is 1. The van der Waals surface area contributed by atoms with Crippen LogP contribution >= 0.6 is 0 Å². The van der Waals surface area contributed by atoms with Gasteiger partial charge in [0.1, 0.15) is 24.6 Å². The number of hydrogen-bond acceptors (Lipinski definition) is 7. The van der Waals surface area contributed by atoms with Crippen molar-refractivity contribution >= 4 is 17.1 Å². The molecule has 2 rings (SSSR count). The number of methoxy groups -OCH3 is 1. The molecule has 0 bridgehead atoms. The number of nitrogens with one attached hydrogen (secondary N) is 1. The summed E-state index contributed by atoms with van der Waals surface area (Å²) in [6.45, 7) is 6.02. The van der Waals surface area contributed by atoms with Gasteiger partial charge >= 0.3 is 6.09 Å². The van der Waals surface area contributed by atoms with Crippen molar-refractivity contribution in [1.29, 1.82) is 0 Å². The number of aromatic nitrogens is 2. The van der Waals surface area contributed by atoms with Gasteiger partial charge in [-0.2, -0.15) is 0 Å². The van der Waals surface area contributed by atoms with Crippen molar-refractivity contribution in [2.45, 2.75) is 26.4 Å². The first-order valence-corrected chi connectivity index (χ1v) is 9.07. The highest BCUT2D eigenvalue weighted by Crippen LogP contribution is 2.20. The van der Waals surface area contributed by atoms with E-state index in [2.05, 4.69) is 15.3 Å². The van der Waals surface area contributed by atoms with Crippen LogP contribution in [-0.2, 0) is 9.47 Å². The summed E-state index contributed by atoms with van der Waals surface area (Å²) in [5.41, 5.74) is 0.879. The van der Waals surface area contributed by atoms with E-state index in [9.17, 15) is 9.18 Å². The Labute approximate surface area is 169 Å². The molecule has 0 radical (unpaired) electrons. The molecule has 29 heavy (non-hydrogen) atoms. The second kappa shape index (κ2) is 10.6. The zero-order valence-corrected chi connectivity index (χ0v) is 17.0. The lowest BCUT2D eigenvalue weighted by atomic mass is 10.2. The Kier molecular flexibility index (Phi) is 8.14. The third kappa shape index (κ3) is 7.90. The number of ether oxygens (including phenoxy) is 4. The number of carbonyl (C=O) groups excluding carboxylic acids is 1. The Hall–Kier alpha value is -2.94. The van der Waals surface area contributed by atoms with Crippen LogP contribution in [0.1, 0.15) is 20.8 Å². The summed E-state index contributed by atoms with van der Waals surface area (Å²) < 4.78 is 34.2. The van der Waals surface area contributed by atoms with E-state index in [1.54, 1.807) is 46.1 Å². The van der Waals surface area contributed by atoms with Gasteiger partial charge in [-0.05, 0) is 32.9 Å². The summed E-state index contributed by atoms with van der Waals surface area (Å²) in [5.74, 6) is 0.899. The molecule has 1 amide bonds. The van der Waals surface area contributed by atoms with Gasteiger partial charge in [0.05, 0.1) is 30.2 Å². The van der Waals surface area contributed by atoms with E-state index < -0.39 is 11.7 Å². The number of benzene rings is 1. The number of halogens is 1. The van der Waals surface area contributed by atoms with Crippen LogP contribution in [0.5, 0.6) is 11.6 Å². The van der Waals surface area contributed by atoms with E-state index in [0.717, 1.165) is 0 Å². The first-order valence-electron chi connectivity index (χ1n) is 9.07. The van der Waals surface area contributed by atoms with Crippen LogP contribution in [0.4, 0.5) is 9.18 Å². The monoisotopic (exact) mass is 407 g/mol. The van der Waals surface area contributed by atoms with Crippen LogP contribution in [0.2, 0.25) is 0 Å². The molecule has 2 aromatic rings. The van der Waals surface area contributed by atoms with E-state index in [-0.39, 0.29) is 18.7 Å². The van der Waals surface area contributed by atoms with Crippen molar-refractivity contribution in [2.24, 2.45) is 0 Å². The van der Waals surface area contributed by atoms with Crippen LogP contribution in [0.25, 0.3) is 11.0 Å². The zero-order valence-electron chi connectivity index (χ0n) is 17.0. The lowest BCUT2D eigenvalue weighted by Gasteiger charge is -2.20. The molecule has 1 N–H and O–H groups in total. The zero-order chi connectivity index (χ0) is 21.3. The highest BCUT2D eigenvalue weighted by Gasteiger charge is 2.16. The van der Waals surface area contributed by atoms with Gasteiger partial charge in [0, 0.05) is 25.3 Å². The number of rotatable bonds is 9. The average Bonchev–Trinajstić information content (AvgIpc) is 2.67. The van der Waals surface area contributed by atoms with Crippen molar-refractivity contribution in [3.05, 3.63) is 36.3 Å². The highest BCUT2D eigenvalue weighted by molar-refractivity contribution is 5.76. The summed E-state index contributed by atoms with van der Waals surface area (Å²) in [5, 5.41) is 2.49. The Bertz CT molecular complexity index is 852. The molecular formula is C20H26FN3O5. The molecule has 0 atom stereocenters. The fourth-order valence-electron chi connectivity index (χ4n) is 2.16. The van der Waals surface area contributed by atoms with Crippen LogP contribution in [-0.4, -0.2) is 55.1 Å². The molecule has 0 aliphatic heterocycles. The van der Waals surface area contributed by atoms with Gasteiger partial charge < -0.3 is 24.3 Å². The number of carbonyl (C=O) groups is 1. The molecule has 0 saturated heterocycles. The minimum Gasteiger partial charge on any atom is -0.489 e. The SMILES string of the molecule is COCCOc1cnc2cc(OC/C(=C/F)CNC(=O)OC(C)(C)C)ccc2n1. The maximum atomic E-state index is 13.1. The van der Waals surface area contributed by atoms with E-state index >= 15 is 0 Å². The number of hydrogen-bond donors (Lipinski definition) is 1. The average molecular weight is 407 g/mol. The van der Waals surface area contributed by atoms with Gasteiger partial charge in [-0.25, -0.2) is 19.2 Å². The van der Waals surface area contributed by atoms with Crippen LogP contribution in [0.15, 0.2) is 36.3 Å². The Balaban J connectivity index is 1.90. The van der Waals surface area contributed by atoms with Crippen LogP contribution < -0.4 is 14.8 Å². The minimum absolute atomic E-state index is 0.0268. The minimum atomic E-state index is -0.624. The Morgan fingerprint density at radius 2 is 2.00 bits per heavy atom. The quantitative estimate of drug-likeness (QED) is 0.637. The summed E-state index contributed by atoms with van der Waals surface area (Å²) in [4.78, 5) is 20.3. The molecule has 158 valence electrons. The smallest absolute Gasteiger partial charge is 0.407 e. The second-order valence-corrected chi connectivity index (χ2v) is 7.11. The molecular weight excluding hydrogens is 381 g/mol. The van der Waals surface area contributed by atoms with Gasteiger partial charge in [-0.3, -0.25) is 0 Å². The molecule has 0 fully saturated rings. The normalized spacial score (nSPS) is 12.0. The highest BCUT2D eigenvalue weighted by atomic mass is 19.1. The molecule has 9 heteroatoms. The predicted octanol–water partition coefficient (Wildman–Crippen LogP) is 3.41. The van der Waals surface area contributed by atoms with E-state index in [1.807, 2.05) is 0 Å². The lowest BCUT2D eigenvalue weighted by Crippen LogP contribution is -2.34. The van der Waals surface area contributed by atoms with Gasteiger partial charge in [0.15, 0.2) is 0 Å². The molecule has 1 aromatic carbocycles. The van der Waals surface area contributed by atoms with Gasteiger partial charge in [0.2, 0.25) is 5.88 Å². The van der Waals surface area contributed by atoms with Gasteiger partial charge in [-0.15, -0.1) is 0 Å². The Morgan fingerprint density at radius 3 is 2.69 bits per heavy atom. The third-order valence-electron chi connectivity index (χ3n) is 3.47. The van der Waals surface area contributed by atoms with Crippen molar-refractivity contribution in [2.75, 3.05) is 33.5 Å². The van der Waals surface area contributed by atoms with Gasteiger partial charge in [0.25, 0.3) is 0 Å². The molecule has 0 saturated carbocycles. The molecule has 0 aliphatic carbocycles. The molecule has 0 spiro atoms. The van der Waals surface area contributed by atoms with Crippen molar-refractivity contribution in [3.8, 4) is 11.6 Å². The summed E-state index contributed by atoms with van der Waals surface area (Å²) in [6.07, 6.45) is 1.29. The number of amides is 1. The first kappa shape index (κ1) is 22.4. The number of nitrogens with zero attached hydrogens (tertiary/aromatic N) is 2. The summed E-state index contributed by atoms with van der Waals surface area (Å²) in [6, 6.07) is 5.13. The third-order valence-corrected chi connectivity index (χ3v) is 3.47. The fourth-order valence-corrected chi connectivity index (χ4v) is 2.16. The van der Waals surface area contributed by atoms with E-state index in [4.69, 9.17) is 18.9 Å². The fraction of sp³-hybridized carbons (Fsp3) is 0.450. The molecule has 1 heterocycles. The van der Waals surface area contributed by atoms with Gasteiger partial charge in [-0.1, -0.05) is 0 Å². The van der Waals surface area contributed by atoms with E-state index in [0.29, 0.717) is 42.2 Å². The van der Waals surface area contributed by atoms with Crippen molar-refractivity contribution in [1.82, 2.24) is 15.3 Å². The Morgan fingerprint density at radius 1 is 1.21 bits per heavy atom. The summed E-state index contributed by atoms with van der Waals surface area (Å²) >= 11 is 0. The molecule has 0 unspecified atom stereocenters. The standard InChI is InChI=1S/C20H26FN3O5/c1-20(2,3)29-19(25)23-11-14(10-21)13-28-15-5-6-16-17(9-15)22-12-18(24-16)27-8-7-26-4/h5-6,9-10,12H,7-8,11,13H2,1-4H3,(H,23,25)/b14-10+. The lowest BCUT2D eigenvalue weighted by molar-refractivity contribution is 0.0531. The molecule has 0 aliphatic rings. The van der Waals surface area contributed by atoms with Crippen molar-refractivity contribution < 1.29 is 28.1 Å². The topological polar surface area (TPSA) is 91.8 Å². The van der Waals surface area contributed by atoms with E-state index in [1.165, 1.54) is 6.20 Å². The maximum Gasteiger partial charge on any atom is 0.407 e. The molecule has 1 aromatic heterocycles. The number of alkyl carbamates (subject to hydrolysis) is 1. The predicted molar refractivity (Wildman–Crippen MR) is 106 cm³/mol. The maximum absolute atomic E-state index is 13.1. The largest absolute Gasteiger partial charge is 0.489 e. The van der Waals surface area contributed by atoms with Crippen LogP contribution in [0, 0.1) is 0 Å². The summed E-state index contributed by atoms with van der Waals surface area (Å²) in [7, 11) is 1.59. The van der Waals surface area contributed by atoms with Crippen molar-refractivity contribution in [3.63, 3.8) is 0 Å². The first-order chi connectivity index (χ1) is 13.8. The molecule has 8 nitrogen and oxygen atoms in total. The van der Waals surface area contributed by atoms with Crippen LogP contribution in [0.3, 0.4) is 0 Å². The second-order valence-electron chi connectivity index (χ2n) is 7.11.